The molecule has 6 heteroatoms. The van der Waals surface area contributed by atoms with Crippen LogP contribution in [0.4, 0.5) is 0 Å². The van der Waals surface area contributed by atoms with Gasteiger partial charge in [0.25, 0.3) is 5.91 Å². The number of nitrogens with zero attached hydrogens (tertiary/aromatic N) is 4. The number of aryl methyl sites for hydroxylation is 1. The van der Waals surface area contributed by atoms with E-state index in [-0.39, 0.29) is 5.91 Å². The summed E-state index contributed by atoms with van der Waals surface area (Å²) in [6, 6.07) is 16.8. The minimum atomic E-state index is -0.130. The van der Waals surface area contributed by atoms with Crippen LogP contribution in [-0.2, 0) is 13.1 Å². The van der Waals surface area contributed by atoms with Crippen LogP contribution in [0.5, 0.6) is 0 Å². The lowest BCUT2D eigenvalue weighted by atomic mass is 10.0. The molecule has 0 radical (unpaired) electrons. The minimum Gasteiger partial charge on any atom is -0.348 e. The second-order valence-electron chi connectivity index (χ2n) is 8.99. The van der Waals surface area contributed by atoms with E-state index in [2.05, 4.69) is 70.4 Å². The topological polar surface area (TPSA) is 64.2 Å². The molecule has 1 fully saturated rings. The average molecular weight is 436 g/mol. The predicted octanol–water partition coefficient (Wildman–Crippen LogP) is 4.85. The maximum atomic E-state index is 12.8. The monoisotopic (exact) mass is 435 g/mol. The molecule has 0 unspecified atom stereocenters. The molecule has 0 spiro atoms. The molecule has 5 aromatic rings. The number of benzene rings is 2. The maximum Gasteiger partial charge on any atom is 0.254 e. The highest BCUT2D eigenvalue weighted by Crippen LogP contribution is 2.39. The van der Waals surface area contributed by atoms with Crippen molar-refractivity contribution >= 4 is 22.3 Å². The Labute approximate surface area is 191 Å². The molecule has 2 aromatic carbocycles. The normalized spacial score (nSPS) is 13.6. The molecule has 1 N–H and O–H groups in total. The van der Waals surface area contributed by atoms with Crippen LogP contribution in [0.3, 0.4) is 0 Å². The Morgan fingerprint density at radius 2 is 2.00 bits per heavy atom. The van der Waals surface area contributed by atoms with E-state index < -0.39 is 0 Å². The number of nitrogens with one attached hydrogen (secondary N) is 1. The van der Waals surface area contributed by atoms with E-state index in [1.165, 1.54) is 34.7 Å². The standard InChI is InChI=1S/C27H25N5O/c1-18-5-6-20-3-2-4-21(25(20)11-18)12-28-27(33)23-13-29-32(15-23)17-24-16-31-14-22(19-7-8-19)9-10-26(31)30-24/h2-6,9-11,13-16,19H,7-8,12,17H2,1H3,(H,28,33). The van der Waals surface area contributed by atoms with Crippen LogP contribution < -0.4 is 5.32 Å². The predicted molar refractivity (Wildman–Crippen MR) is 128 cm³/mol. The average Bonchev–Trinajstić information content (AvgIpc) is 3.43. The van der Waals surface area contributed by atoms with E-state index in [0.29, 0.717) is 24.6 Å². The number of aromatic nitrogens is 4. The summed E-state index contributed by atoms with van der Waals surface area (Å²) in [7, 11) is 0. The molecule has 6 nitrogen and oxygen atoms in total. The zero-order valence-corrected chi connectivity index (χ0v) is 18.5. The largest absolute Gasteiger partial charge is 0.348 e. The Morgan fingerprint density at radius 3 is 2.88 bits per heavy atom. The van der Waals surface area contributed by atoms with Crippen LogP contribution in [0.25, 0.3) is 16.4 Å². The van der Waals surface area contributed by atoms with Crippen molar-refractivity contribution in [1.82, 2.24) is 24.5 Å². The van der Waals surface area contributed by atoms with Gasteiger partial charge in [-0.15, -0.1) is 0 Å². The molecule has 33 heavy (non-hydrogen) atoms. The fourth-order valence-corrected chi connectivity index (χ4v) is 4.41. The number of amides is 1. The third-order valence-corrected chi connectivity index (χ3v) is 6.36. The zero-order chi connectivity index (χ0) is 22.4. The third kappa shape index (κ3) is 4.00. The first-order valence-electron chi connectivity index (χ1n) is 11.4. The fraction of sp³-hybridized carbons (Fsp3) is 0.222. The van der Waals surface area contributed by atoms with Gasteiger partial charge in [-0.1, -0.05) is 48.0 Å². The van der Waals surface area contributed by atoms with Crippen molar-refractivity contribution in [2.75, 3.05) is 0 Å². The van der Waals surface area contributed by atoms with Crippen molar-refractivity contribution in [3.8, 4) is 0 Å². The van der Waals surface area contributed by atoms with Gasteiger partial charge in [0.15, 0.2) is 0 Å². The highest BCUT2D eigenvalue weighted by atomic mass is 16.1. The molecule has 1 aliphatic rings. The van der Waals surface area contributed by atoms with Crippen LogP contribution in [0.1, 0.15) is 51.5 Å². The van der Waals surface area contributed by atoms with Gasteiger partial charge in [-0.3, -0.25) is 9.48 Å². The Hall–Kier alpha value is -3.93. The summed E-state index contributed by atoms with van der Waals surface area (Å²) in [5, 5.41) is 9.77. The van der Waals surface area contributed by atoms with E-state index in [4.69, 9.17) is 4.98 Å². The fourth-order valence-electron chi connectivity index (χ4n) is 4.41. The van der Waals surface area contributed by atoms with Gasteiger partial charge in [-0.05, 0) is 53.6 Å². The number of pyridine rings is 1. The van der Waals surface area contributed by atoms with E-state index in [1.807, 2.05) is 12.3 Å². The molecule has 6 rings (SSSR count). The molecule has 0 atom stereocenters. The van der Waals surface area contributed by atoms with Crippen LogP contribution in [0, 0.1) is 6.92 Å². The van der Waals surface area contributed by atoms with Gasteiger partial charge in [0.05, 0.1) is 24.0 Å². The van der Waals surface area contributed by atoms with Gasteiger partial charge in [-0.25, -0.2) is 4.98 Å². The molecule has 164 valence electrons. The molecular formula is C27H25N5O. The number of hydrogen-bond donors (Lipinski definition) is 1. The molecule has 0 saturated heterocycles. The summed E-state index contributed by atoms with van der Waals surface area (Å²) in [4.78, 5) is 17.4. The van der Waals surface area contributed by atoms with E-state index in [1.54, 1.807) is 17.1 Å². The summed E-state index contributed by atoms with van der Waals surface area (Å²) in [5.74, 6) is 0.584. The van der Waals surface area contributed by atoms with Crippen molar-refractivity contribution in [3.63, 3.8) is 0 Å². The quantitative estimate of drug-likeness (QED) is 0.415. The smallest absolute Gasteiger partial charge is 0.254 e. The van der Waals surface area contributed by atoms with Crippen molar-refractivity contribution in [2.45, 2.75) is 38.8 Å². The van der Waals surface area contributed by atoms with Gasteiger partial charge in [0.2, 0.25) is 0 Å². The van der Waals surface area contributed by atoms with Crippen molar-refractivity contribution in [1.29, 1.82) is 0 Å². The Bertz CT molecular complexity index is 1490. The van der Waals surface area contributed by atoms with Gasteiger partial charge in [-0.2, -0.15) is 5.10 Å². The first-order valence-corrected chi connectivity index (χ1v) is 11.4. The molecule has 0 bridgehead atoms. The van der Waals surface area contributed by atoms with E-state index in [9.17, 15) is 4.79 Å². The Balaban J connectivity index is 1.14. The second kappa shape index (κ2) is 7.89. The van der Waals surface area contributed by atoms with Crippen molar-refractivity contribution < 1.29 is 4.79 Å². The summed E-state index contributed by atoms with van der Waals surface area (Å²) >= 11 is 0. The van der Waals surface area contributed by atoms with Crippen LogP contribution in [0.15, 0.2) is 73.3 Å². The summed E-state index contributed by atoms with van der Waals surface area (Å²) in [6.45, 7) is 3.08. The third-order valence-electron chi connectivity index (χ3n) is 6.36. The molecule has 3 heterocycles. The zero-order valence-electron chi connectivity index (χ0n) is 18.5. The van der Waals surface area contributed by atoms with Gasteiger partial charge >= 0.3 is 0 Å². The lowest BCUT2D eigenvalue weighted by Crippen LogP contribution is -2.22. The highest BCUT2D eigenvalue weighted by molar-refractivity contribution is 5.94. The number of carbonyl (C=O) groups excluding carboxylic acids is 1. The highest BCUT2D eigenvalue weighted by Gasteiger charge is 2.23. The van der Waals surface area contributed by atoms with E-state index in [0.717, 1.165) is 16.9 Å². The second-order valence-corrected chi connectivity index (χ2v) is 8.99. The van der Waals surface area contributed by atoms with E-state index >= 15 is 0 Å². The Kier molecular flexibility index (Phi) is 4.72. The van der Waals surface area contributed by atoms with Crippen LogP contribution in [0.2, 0.25) is 0 Å². The summed E-state index contributed by atoms with van der Waals surface area (Å²) < 4.78 is 3.85. The molecule has 1 aliphatic carbocycles. The molecule has 1 amide bonds. The van der Waals surface area contributed by atoms with Crippen LogP contribution in [-0.4, -0.2) is 25.1 Å². The minimum absolute atomic E-state index is 0.130. The lowest BCUT2D eigenvalue weighted by molar-refractivity contribution is 0.0951. The number of imidazole rings is 1. The summed E-state index contributed by atoms with van der Waals surface area (Å²) in [6.07, 6.45) is 10.2. The Morgan fingerprint density at radius 1 is 1.09 bits per heavy atom. The molecular weight excluding hydrogens is 410 g/mol. The first kappa shape index (κ1) is 19.7. The first-order chi connectivity index (χ1) is 16.1. The van der Waals surface area contributed by atoms with Crippen molar-refractivity contribution in [2.24, 2.45) is 0 Å². The SMILES string of the molecule is Cc1ccc2cccc(CNC(=O)c3cnn(Cc4cn5cc(C6CC6)ccc5n4)c3)c2c1. The molecule has 1 saturated carbocycles. The molecule has 0 aliphatic heterocycles. The van der Waals surface area contributed by atoms with Gasteiger partial charge in [0.1, 0.15) is 5.65 Å². The lowest BCUT2D eigenvalue weighted by Gasteiger charge is -2.08. The number of carbonyl (C=O) groups is 1. The van der Waals surface area contributed by atoms with Gasteiger partial charge < -0.3 is 9.72 Å². The van der Waals surface area contributed by atoms with Crippen LogP contribution >= 0.6 is 0 Å². The number of fused-ring (bicyclic) bond motifs is 2. The summed E-state index contributed by atoms with van der Waals surface area (Å²) in [5.41, 5.74) is 6.09. The van der Waals surface area contributed by atoms with Crippen molar-refractivity contribution in [3.05, 3.63) is 101 Å². The van der Waals surface area contributed by atoms with Gasteiger partial charge in [0, 0.05) is 25.1 Å². The number of hydrogen-bond acceptors (Lipinski definition) is 3. The molecule has 3 aromatic heterocycles. The maximum absolute atomic E-state index is 12.8. The number of rotatable bonds is 6.